The van der Waals surface area contributed by atoms with Crippen LogP contribution < -0.4 is 10.7 Å². The van der Waals surface area contributed by atoms with Crippen LogP contribution in [0.2, 0.25) is 0 Å². The maximum Gasteiger partial charge on any atom is 0.336 e. The quantitative estimate of drug-likeness (QED) is 0.400. The van der Waals surface area contributed by atoms with Crippen LogP contribution in [0.1, 0.15) is 35.3 Å². The third kappa shape index (κ3) is 3.67. The minimum absolute atomic E-state index is 0.272. The summed E-state index contributed by atoms with van der Waals surface area (Å²) >= 11 is 0. The Labute approximate surface area is 181 Å². The van der Waals surface area contributed by atoms with Crippen LogP contribution in [0, 0.1) is 13.8 Å². The Morgan fingerprint density at radius 3 is 2.58 bits per heavy atom. The van der Waals surface area contributed by atoms with Crippen molar-refractivity contribution in [2.45, 2.75) is 27.7 Å². The maximum atomic E-state index is 12.0. The normalized spacial score (nSPS) is 11.9. The van der Waals surface area contributed by atoms with Crippen molar-refractivity contribution in [2.75, 3.05) is 18.4 Å². The zero-order valence-electron chi connectivity index (χ0n) is 18.2. The van der Waals surface area contributed by atoms with E-state index in [1.807, 2.05) is 52.0 Å². The fourth-order valence-electron chi connectivity index (χ4n) is 4.13. The number of aryl methyl sites for hydroxylation is 1. The van der Waals surface area contributed by atoms with Gasteiger partial charge in [-0.1, -0.05) is 18.2 Å². The number of fused-ring (bicyclic) bond motifs is 2. The molecule has 2 aromatic carbocycles. The fourth-order valence-corrected chi connectivity index (χ4v) is 4.13. The number of hydrogen-bond donors (Lipinski definition) is 2. The number of hydrogen-bond acceptors (Lipinski definition) is 4. The summed E-state index contributed by atoms with van der Waals surface area (Å²) in [6.07, 6.45) is 0. The lowest BCUT2D eigenvalue weighted by Gasteiger charge is -2.19. The molecule has 0 amide bonds. The van der Waals surface area contributed by atoms with E-state index in [0.29, 0.717) is 17.7 Å². The van der Waals surface area contributed by atoms with E-state index in [2.05, 4.69) is 22.4 Å². The van der Waals surface area contributed by atoms with Gasteiger partial charge in [-0.15, -0.1) is 0 Å². The molecule has 2 aliphatic rings. The van der Waals surface area contributed by atoms with Crippen molar-refractivity contribution >= 4 is 22.6 Å². The van der Waals surface area contributed by atoms with E-state index >= 15 is 0 Å². The molecule has 0 unspecified atom stereocenters. The highest BCUT2D eigenvalue weighted by Crippen LogP contribution is 2.41. The smallest absolute Gasteiger partial charge is 0.336 e. The Kier molecular flexibility index (Phi) is 5.51. The summed E-state index contributed by atoms with van der Waals surface area (Å²) in [5, 5.41) is 15.0. The van der Waals surface area contributed by atoms with Crippen LogP contribution >= 0.6 is 0 Å². The Hall–Kier alpha value is -3.60. The van der Waals surface area contributed by atoms with E-state index in [9.17, 15) is 9.90 Å². The largest absolute Gasteiger partial charge is 0.478 e. The number of carbonyl (C=O) groups is 1. The van der Waals surface area contributed by atoms with Crippen molar-refractivity contribution in [1.82, 2.24) is 0 Å². The summed E-state index contributed by atoms with van der Waals surface area (Å²) in [4.78, 5) is 16.5. The second kappa shape index (κ2) is 8.26. The average molecular weight is 415 g/mol. The van der Waals surface area contributed by atoms with Gasteiger partial charge in [0.05, 0.1) is 10.9 Å². The lowest BCUT2D eigenvalue weighted by Crippen LogP contribution is -2.08. The van der Waals surface area contributed by atoms with Crippen LogP contribution in [0.5, 0.6) is 0 Å². The maximum absolute atomic E-state index is 12.0. The van der Waals surface area contributed by atoms with Gasteiger partial charge in [-0.3, -0.25) is 4.99 Å². The van der Waals surface area contributed by atoms with Gasteiger partial charge in [-0.05, 0) is 68.1 Å². The van der Waals surface area contributed by atoms with Gasteiger partial charge >= 0.3 is 5.97 Å². The van der Waals surface area contributed by atoms with Gasteiger partial charge in [-0.25, -0.2) is 4.79 Å². The Morgan fingerprint density at radius 1 is 1.10 bits per heavy atom. The summed E-state index contributed by atoms with van der Waals surface area (Å²) in [7, 11) is 0. The van der Waals surface area contributed by atoms with Crippen LogP contribution in [-0.2, 0) is 0 Å². The lowest BCUT2D eigenvalue weighted by atomic mass is 9.90. The number of nitrogens with one attached hydrogen (secondary N) is 1. The van der Waals surface area contributed by atoms with E-state index in [-0.39, 0.29) is 5.56 Å². The molecule has 0 bridgehead atoms. The van der Waals surface area contributed by atoms with Crippen molar-refractivity contribution in [2.24, 2.45) is 4.99 Å². The molecule has 0 aromatic heterocycles. The van der Waals surface area contributed by atoms with Crippen molar-refractivity contribution in [3.63, 3.8) is 0 Å². The standard InChI is InChI=1S/C26H26N2O3/c1-5-27-21-13-23-17(11-15(21)3)12-20-24(31-23)14-22(28-6-2)16(4)25(20)18-9-7-8-10-19(18)26(29)30/h7-14,28H,5-6H2,1-4H3,(H,29,30). The summed E-state index contributed by atoms with van der Waals surface area (Å²) in [5.74, 6) is -0.189. The minimum atomic E-state index is -0.948. The van der Waals surface area contributed by atoms with Crippen LogP contribution in [0.4, 0.5) is 5.69 Å². The molecule has 0 atom stereocenters. The van der Waals surface area contributed by atoms with E-state index in [1.165, 1.54) is 0 Å². The van der Waals surface area contributed by atoms with E-state index in [0.717, 1.165) is 51.0 Å². The molecule has 2 N–H and O–H groups in total. The first-order valence-corrected chi connectivity index (χ1v) is 10.5. The predicted molar refractivity (Wildman–Crippen MR) is 125 cm³/mol. The molecule has 1 aliphatic carbocycles. The number of nitrogens with zero attached hydrogens (tertiary/aromatic N) is 1. The predicted octanol–water partition coefficient (Wildman–Crippen LogP) is 5.87. The van der Waals surface area contributed by atoms with Gasteiger partial charge in [0.1, 0.15) is 11.3 Å². The summed E-state index contributed by atoms with van der Waals surface area (Å²) < 4.78 is 6.35. The molecule has 1 heterocycles. The molecule has 4 rings (SSSR count). The molecule has 0 saturated carbocycles. The number of carboxylic acids is 1. The molecule has 0 radical (unpaired) electrons. The second-order valence-corrected chi connectivity index (χ2v) is 7.61. The van der Waals surface area contributed by atoms with Gasteiger partial charge in [0.15, 0.2) is 0 Å². The number of benzene rings is 3. The molecular weight excluding hydrogens is 388 g/mol. The van der Waals surface area contributed by atoms with Crippen molar-refractivity contribution in [3.8, 4) is 22.5 Å². The van der Waals surface area contributed by atoms with Crippen LogP contribution in [0.25, 0.3) is 33.4 Å². The molecule has 31 heavy (non-hydrogen) atoms. The molecule has 158 valence electrons. The van der Waals surface area contributed by atoms with Gasteiger partial charge in [0.2, 0.25) is 0 Å². The molecule has 0 saturated heterocycles. The van der Waals surface area contributed by atoms with Crippen molar-refractivity contribution in [1.29, 1.82) is 0 Å². The van der Waals surface area contributed by atoms with Gasteiger partial charge in [0.25, 0.3) is 0 Å². The van der Waals surface area contributed by atoms with Crippen LogP contribution in [0.3, 0.4) is 0 Å². The summed E-state index contributed by atoms with van der Waals surface area (Å²) in [6.45, 7) is 9.56. The number of carboxylic acid groups (broad SMARTS) is 1. The summed E-state index contributed by atoms with van der Waals surface area (Å²) in [5.41, 5.74) is 6.50. The Bertz CT molecular complexity index is 1330. The fraction of sp³-hybridized carbons (Fsp3) is 0.231. The Balaban J connectivity index is 2.14. The molecule has 0 spiro atoms. The van der Waals surface area contributed by atoms with E-state index in [4.69, 9.17) is 4.42 Å². The van der Waals surface area contributed by atoms with Crippen LogP contribution in [0.15, 0.2) is 57.9 Å². The molecule has 5 heteroatoms. The third-order valence-electron chi connectivity index (χ3n) is 5.56. The Morgan fingerprint density at radius 2 is 1.87 bits per heavy atom. The minimum Gasteiger partial charge on any atom is -0.478 e. The van der Waals surface area contributed by atoms with Gasteiger partial charge < -0.3 is 14.8 Å². The SMILES string of the molecule is CCN=c1cc2oc3cc(NCC)c(C)c(-c4ccccc4C(=O)O)c3cc-2cc1C. The number of aromatic carboxylic acids is 1. The van der Waals surface area contributed by atoms with E-state index in [1.54, 1.807) is 12.1 Å². The van der Waals surface area contributed by atoms with Crippen molar-refractivity contribution in [3.05, 3.63) is 70.6 Å². The van der Waals surface area contributed by atoms with Gasteiger partial charge in [0, 0.05) is 41.9 Å². The zero-order valence-corrected chi connectivity index (χ0v) is 18.2. The first-order valence-electron chi connectivity index (χ1n) is 10.5. The highest BCUT2D eigenvalue weighted by atomic mass is 16.4. The zero-order chi connectivity index (χ0) is 22.1. The molecule has 2 aromatic rings. The molecular formula is C26H26N2O3. The van der Waals surface area contributed by atoms with Crippen molar-refractivity contribution < 1.29 is 14.3 Å². The highest BCUT2D eigenvalue weighted by Gasteiger charge is 2.20. The topological polar surface area (TPSA) is 74.8 Å². The first kappa shape index (κ1) is 20.7. The van der Waals surface area contributed by atoms with E-state index < -0.39 is 5.97 Å². The average Bonchev–Trinajstić information content (AvgIpc) is 2.74. The molecule has 0 fully saturated rings. The highest BCUT2D eigenvalue weighted by molar-refractivity contribution is 6.06. The monoisotopic (exact) mass is 414 g/mol. The molecule has 1 aliphatic heterocycles. The third-order valence-corrected chi connectivity index (χ3v) is 5.56. The van der Waals surface area contributed by atoms with Gasteiger partial charge in [-0.2, -0.15) is 0 Å². The first-order chi connectivity index (χ1) is 14.9. The molecule has 5 nitrogen and oxygen atoms in total. The van der Waals surface area contributed by atoms with Crippen LogP contribution in [-0.4, -0.2) is 24.2 Å². The number of anilines is 1. The number of rotatable bonds is 5. The second-order valence-electron chi connectivity index (χ2n) is 7.61. The summed E-state index contributed by atoms with van der Waals surface area (Å²) in [6, 6.07) is 15.3. The lowest BCUT2D eigenvalue weighted by molar-refractivity contribution is 0.0697.